The zero-order valence-electron chi connectivity index (χ0n) is 13.1. The summed E-state index contributed by atoms with van der Waals surface area (Å²) in [6.07, 6.45) is 1.75. The SMILES string of the molecule is O=C1C(=O)N(Cc2cn(Cc3ccccc3Cl)nn2)c2ccccc21. The van der Waals surface area contributed by atoms with Crippen LogP contribution in [-0.4, -0.2) is 26.7 Å². The number of para-hydroxylation sites is 1. The van der Waals surface area contributed by atoms with Crippen LogP contribution in [0.5, 0.6) is 0 Å². The highest BCUT2D eigenvalue weighted by atomic mass is 35.5. The second-order valence-electron chi connectivity index (χ2n) is 5.74. The van der Waals surface area contributed by atoms with E-state index in [1.807, 2.05) is 24.3 Å². The summed E-state index contributed by atoms with van der Waals surface area (Å²) in [6.45, 7) is 0.681. The smallest absolute Gasteiger partial charge is 0.299 e. The van der Waals surface area contributed by atoms with Gasteiger partial charge in [0.25, 0.3) is 11.7 Å². The fraction of sp³-hybridized carbons (Fsp3) is 0.111. The Balaban J connectivity index is 1.55. The van der Waals surface area contributed by atoms with Gasteiger partial charge in [-0.1, -0.05) is 47.1 Å². The molecule has 1 aliphatic rings. The number of fused-ring (bicyclic) bond motifs is 1. The number of aromatic nitrogens is 3. The summed E-state index contributed by atoms with van der Waals surface area (Å²) in [4.78, 5) is 25.7. The Morgan fingerprint density at radius 2 is 1.72 bits per heavy atom. The molecule has 2 heterocycles. The quantitative estimate of drug-likeness (QED) is 0.677. The molecule has 1 aliphatic heterocycles. The lowest BCUT2D eigenvalue weighted by Gasteiger charge is -2.14. The number of hydrogen-bond donors (Lipinski definition) is 0. The van der Waals surface area contributed by atoms with Crippen molar-refractivity contribution in [3.63, 3.8) is 0 Å². The molecule has 0 atom stereocenters. The van der Waals surface area contributed by atoms with Gasteiger partial charge in [-0.25, -0.2) is 4.68 Å². The molecule has 6 nitrogen and oxygen atoms in total. The van der Waals surface area contributed by atoms with Crippen LogP contribution in [0.2, 0.25) is 5.02 Å². The van der Waals surface area contributed by atoms with Crippen molar-refractivity contribution >= 4 is 29.0 Å². The molecule has 7 heteroatoms. The van der Waals surface area contributed by atoms with E-state index in [4.69, 9.17) is 11.6 Å². The number of hydrogen-bond acceptors (Lipinski definition) is 4. The fourth-order valence-corrected chi connectivity index (χ4v) is 3.05. The molecule has 2 aromatic carbocycles. The van der Waals surface area contributed by atoms with E-state index < -0.39 is 11.7 Å². The van der Waals surface area contributed by atoms with Crippen LogP contribution in [0.3, 0.4) is 0 Å². The number of carbonyl (C=O) groups is 2. The van der Waals surface area contributed by atoms with Gasteiger partial charge in [0.15, 0.2) is 0 Å². The van der Waals surface area contributed by atoms with E-state index in [1.165, 1.54) is 4.90 Å². The summed E-state index contributed by atoms with van der Waals surface area (Å²) in [6, 6.07) is 14.5. The van der Waals surface area contributed by atoms with E-state index in [2.05, 4.69) is 10.3 Å². The van der Waals surface area contributed by atoms with Gasteiger partial charge in [-0.15, -0.1) is 5.10 Å². The van der Waals surface area contributed by atoms with Gasteiger partial charge in [-0.05, 0) is 23.8 Å². The van der Waals surface area contributed by atoms with Crippen molar-refractivity contribution in [1.82, 2.24) is 15.0 Å². The molecule has 1 amide bonds. The van der Waals surface area contributed by atoms with E-state index >= 15 is 0 Å². The molecule has 3 aromatic rings. The minimum Gasteiger partial charge on any atom is -0.299 e. The summed E-state index contributed by atoms with van der Waals surface area (Å²) in [5, 5.41) is 8.84. The third kappa shape index (κ3) is 2.81. The van der Waals surface area contributed by atoms with Crippen LogP contribution in [0.1, 0.15) is 21.6 Å². The minimum atomic E-state index is -0.540. The summed E-state index contributed by atoms with van der Waals surface area (Å²) >= 11 is 6.16. The number of carbonyl (C=O) groups excluding carboxylic acids is 2. The number of benzene rings is 2. The number of rotatable bonds is 4. The number of Topliss-reactive ketones (excluding diaryl/α,β-unsaturated/α-hetero) is 1. The highest BCUT2D eigenvalue weighted by Gasteiger charge is 2.35. The van der Waals surface area contributed by atoms with Crippen molar-refractivity contribution in [1.29, 1.82) is 0 Å². The van der Waals surface area contributed by atoms with Gasteiger partial charge < -0.3 is 0 Å². The number of ketones is 1. The molecule has 25 heavy (non-hydrogen) atoms. The average Bonchev–Trinajstić information content (AvgIpc) is 3.16. The predicted octanol–water partition coefficient (Wildman–Crippen LogP) is 2.71. The Labute approximate surface area is 148 Å². The second kappa shape index (κ2) is 6.14. The summed E-state index contributed by atoms with van der Waals surface area (Å²) < 4.78 is 1.66. The van der Waals surface area contributed by atoms with Gasteiger partial charge in [-0.2, -0.15) is 0 Å². The predicted molar refractivity (Wildman–Crippen MR) is 92.5 cm³/mol. The van der Waals surface area contributed by atoms with Crippen LogP contribution in [0.4, 0.5) is 5.69 Å². The Kier molecular flexibility index (Phi) is 3.82. The van der Waals surface area contributed by atoms with Crippen LogP contribution in [0.15, 0.2) is 54.7 Å². The van der Waals surface area contributed by atoms with Crippen molar-refractivity contribution in [2.45, 2.75) is 13.1 Å². The zero-order valence-corrected chi connectivity index (χ0v) is 13.8. The number of halogens is 1. The normalized spacial score (nSPS) is 13.4. The molecule has 0 aliphatic carbocycles. The molecule has 0 saturated carbocycles. The molecule has 0 spiro atoms. The van der Waals surface area contributed by atoms with Gasteiger partial charge in [0.2, 0.25) is 0 Å². The summed E-state index contributed by atoms with van der Waals surface area (Å²) in [5.74, 6) is -1.03. The van der Waals surface area contributed by atoms with E-state index in [0.29, 0.717) is 28.5 Å². The zero-order chi connectivity index (χ0) is 17.4. The van der Waals surface area contributed by atoms with Crippen LogP contribution < -0.4 is 4.90 Å². The van der Waals surface area contributed by atoms with E-state index in [-0.39, 0.29) is 6.54 Å². The Morgan fingerprint density at radius 3 is 2.56 bits per heavy atom. The van der Waals surface area contributed by atoms with Gasteiger partial charge in [0.05, 0.1) is 30.5 Å². The molecule has 0 bridgehead atoms. The van der Waals surface area contributed by atoms with Crippen molar-refractivity contribution < 1.29 is 9.59 Å². The highest BCUT2D eigenvalue weighted by molar-refractivity contribution is 6.52. The largest absolute Gasteiger partial charge is 0.299 e. The number of amides is 1. The lowest BCUT2D eigenvalue weighted by molar-refractivity contribution is -0.114. The maximum Gasteiger partial charge on any atom is 0.299 e. The van der Waals surface area contributed by atoms with Crippen molar-refractivity contribution in [3.8, 4) is 0 Å². The molecule has 0 saturated heterocycles. The fourth-order valence-electron chi connectivity index (χ4n) is 2.86. The maximum absolute atomic E-state index is 12.2. The topological polar surface area (TPSA) is 68.1 Å². The molecule has 0 unspecified atom stereocenters. The average molecular weight is 353 g/mol. The van der Waals surface area contributed by atoms with Crippen molar-refractivity contribution in [2.75, 3.05) is 4.90 Å². The Bertz CT molecular complexity index is 982. The van der Waals surface area contributed by atoms with Gasteiger partial charge in [-0.3, -0.25) is 14.5 Å². The van der Waals surface area contributed by atoms with Gasteiger partial charge in [0.1, 0.15) is 5.69 Å². The van der Waals surface area contributed by atoms with E-state index in [0.717, 1.165) is 5.56 Å². The molecule has 0 fully saturated rings. The lowest BCUT2D eigenvalue weighted by Crippen LogP contribution is -2.29. The first-order valence-electron chi connectivity index (χ1n) is 7.71. The van der Waals surface area contributed by atoms with Crippen LogP contribution in [0.25, 0.3) is 0 Å². The van der Waals surface area contributed by atoms with Gasteiger partial charge >= 0.3 is 0 Å². The Hall–Kier alpha value is -2.99. The van der Waals surface area contributed by atoms with Crippen LogP contribution in [0, 0.1) is 0 Å². The Morgan fingerprint density at radius 1 is 0.960 bits per heavy atom. The molecule has 1 aromatic heterocycles. The van der Waals surface area contributed by atoms with Crippen molar-refractivity contribution in [2.24, 2.45) is 0 Å². The monoisotopic (exact) mass is 352 g/mol. The molecule has 124 valence electrons. The summed E-state index contributed by atoms with van der Waals surface area (Å²) in [5.41, 5.74) is 2.57. The van der Waals surface area contributed by atoms with Gasteiger partial charge in [0, 0.05) is 5.02 Å². The molecular weight excluding hydrogens is 340 g/mol. The first-order chi connectivity index (χ1) is 12.1. The minimum absolute atomic E-state index is 0.199. The third-order valence-electron chi connectivity index (χ3n) is 4.08. The lowest BCUT2D eigenvalue weighted by atomic mass is 10.1. The van der Waals surface area contributed by atoms with Crippen LogP contribution in [-0.2, 0) is 17.9 Å². The molecular formula is C18H13ClN4O2. The standard InChI is InChI=1S/C18H13ClN4O2/c19-15-7-3-1-5-12(15)9-22-10-13(20-21-22)11-23-16-8-4-2-6-14(16)17(24)18(23)25/h1-8,10H,9,11H2. The molecule has 4 rings (SSSR count). The highest BCUT2D eigenvalue weighted by Crippen LogP contribution is 2.29. The first-order valence-corrected chi connectivity index (χ1v) is 8.09. The number of nitrogens with zero attached hydrogens (tertiary/aromatic N) is 4. The third-order valence-corrected chi connectivity index (χ3v) is 4.44. The van der Waals surface area contributed by atoms with E-state index in [9.17, 15) is 9.59 Å². The van der Waals surface area contributed by atoms with E-state index in [1.54, 1.807) is 35.1 Å². The van der Waals surface area contributed by atoms with Crippen LogP contribution >= 0.6 is 11.6 Å². The number of anilines is 1. The molecule has 0 N–H and O–H groups in total. The summed E-state index contributed by atoms with van der Waals surface area (Å²) in [7, 11) is 0. The maximum atomic E-state index is 12.2. The first kappa shape index (κ1) is 15.5. The van der Waals surface area contributed by atoms with Crippen molar-refractivity contribution in [3.05, 3.63) is 76.6 Å². The molecule has 0 radical (unpaired) electrons. The second-order valence-corrected chi connectivity index (χ2v) is 6.14.